The Morgan fingerprint density at radius 3 is 2.81 bits per heavy atom. The van der Waals surface area contributed by atoms with Gasteiger partial charge in [0.15, 0.2) is 0 Å². The number of phenolic OH excluding ortho intramolecular Hbond substituents is 1. The van der Waals surface area contributed by atoms with Gasteiger partial charge in [-0.15, -0.1) is 0 Å². The summed E-state index contributed by atoms with van der Waals surface area (Å²) in [6, 6.07) is 4.26. The Morgan fingerprint density at radius 2 is 2.19 bits per heavy atom. The summed E-state index contributed by atoms with van der Waals surface area (Å²) in [6.45, 7) is 2.94. The minimum atomic E-state index is -0.586. The minimum Gasteiger partial charge on any atom is -0.507 e. The number of phenols is 1. The summed E-state index contributed by atoms with van der Waals surface area (Å²) in [5, 5.41) is 9.45. The van der Waals surface area contributed by atoms with E-state index in [1.807, 2.05) is 6.92 Å². The van der Waals surface area contributed by atoms with Crippen molar-refractivity contribution in [3.05, 3.63) is 23.8 Å². The van der Waals surface area contributed by atoms with E-state index in [1.54, 1.807) is 0 Å². The number of rotatable bonds is 5. The predicted octanol–water partition coefficient (Wildman–Crippen LogP) is 1.17. The average molecular weight is 225 g/mol. The molecule has 88 valence electrons. The van der Waals surface area contributed by atoms with E-state index >= 15 is 0 Å². The number of carbonyl (C=O) groups excluding carboxylic acids is 1. The molecule has 0 bridgehead atoms. The lowest BCUT2D eigenvalue weighted by atomic mass is 10.2. The highest BCUT2D eigenvalue weighted by molar-refractivity contribution is 5.92. The van der Waals surface area contributed by atoms with Gasteiger partial charge in [-0.1, -0.05) is 0 Å². The minimum absolute atomic E-state index is 0.102. The lowest BCUT2D eigenvalue weighted by Crippen LogP contribution is -2.11. The van der Waals surface area contributed by atoms with E-state index in [0.717, 1.165) is 0 Å². The van der Waals surface area contributed by atoms with Crippen LogP contribution < -0.4 is 5.73 Å². The Labute approximate surface area is 93.8 Å². The molecular formula is C11H15NO4. The van der Waals surface area contributed by atoms with Crippen LogP contribution in [0.25, 0.3) is 0 Å². The van der Waals surface area contributed by atoms with Gasteiger partial charge >= 0.3 is 5.97 Å². The molecule has 0 amide bonds. The molecule has 1 aromatic carbocycles. The van der Waals surface area contributed by atoms with Crippen LogP contribution in [-0.4, -0.2) is 30.9 Å². The number of anilines is 1. The van der Waals surface area contributed by atoms with Gasteiger partial charge in [0.1, 0.15) is 17.9 Å². The Kier molecular flexibility index (Phi) is 4.60. The van der Waals surface area contributed by atoms with Crippen LogP contribution in [-0.2, 0) is 9.47 Å². The topological polar surface area (TPSA) is 81.8 Å². The number of esters is 1. The van der Waals surface area contributed by atoms with E-state index < -0.39 is 5.97 Å². The highest BCUT2D eigenvalue weighted by atomic mass is 16.6. The molecule has 0 aliphatic carbocycles. The normalized spacial score (nSPS) is 10.1. The molecule has 0 atom stereocenters. The van der Waals surface area contributed by atoms with Crippen molar-refractivity contribution >= 4 is 11.7 Å². The molecule has 0 unspecified atom stereocenters. The lowest BCUT2D eigenvalue weighted by Gasteiger charge is -2.06. The fourth-order valence-electron chi connectivity index (χ4n) is 1.14. The van der Waals surface area contributed by atoms with Crippen molar-refractivity contribution in [3.63, 3.8) is 0 Å². The first-order valence-corrected chi connectivity index (χ1v) is 4.98. The van der Waals surface area contributed by atoms with E-state index in [0.29, 0.717) is 18.9 Å². The van der Waals surface area contributed by atoms with Gasteiger partial charge in [-0.3, -0.25) is 0 Å². The molecule has 0 aliphatic heterocycles. The Hall–Kier alpha value is -1.75. The SMILES string of the molecule is CCOCCOC(=O)c1ccc(N)cc1O. The average Bonchev–Trinajstić information content (AvgIpc) is 2.24. The van der Waals surface area contributed by atoms with Crippen LogP contribution in [0.4, 0.5) is 5.69 Å². The summed E-state index contributed by atoms with van der Waals surface area (Å²) in [5.41, 5.74) is 5.93. The van der Waals surface area contributed by atoms with Crippen molar-refractivity contribution in [1.29, 1.82) is 0 Å². The van der Waals surface area contributed by atoms with Gasteiger partial charge in [-0.05, 0) is 19.1 Å². The number of carbonyl (C=O) groups is 1. The monoisotopic (exact) mass is 225 g/mol. The van der Waals surface area contributed by atoms with E-state index in [2.05, 4.69) is 0 Å². The number of benzene rings is 1. The molecule has 0 aromatic heterocycles. The van der Waals surface area contributed by atoms with E-state index in [1.165, 1.54) is 18.2 Å². The molecule has 0 saturated heterocycles. The standard InChI is InChI=1S/C11H15NO4/c1-2-15-5-6-16-11(14)9-4-3-8(12)7-10(9)13/h3-4,7,13H,2,5-6,12H2,1H3. The van der Waals surface area contributed by atoms with E-state index in [-0.39, 0.29) is 17.9 Å². The second kappa shape index (κ2) is 5.97. The third-order valence-electron chi connectivity index (χ3n) is 1.91. The van der Waals surface area contributed by atoms with Crippen LogP contribution in [0.2, 0.25) is 0 Å². The van der Waals surface area contributed by atoms with Gasteiger partial charge in [-0.25, -0.2) is 4.79 Å². The largest absolute Gasteiger partial charge is 0.507 e. The molecule has 16 heavy (non-hydrogen) atoms. The second-order valence-corrected chi connectivity index (χ2v) is 3.11. The van der Waals surface area contributed by atoms with Crippen LogP contribution in [0, 0.1) is 0 Å². The fourth-order valence-corrected chi connectivity index (χ4v) is 1.14. The van der Waals surface area contributed by atoms with E-state index in [9.17, 15) is 9.90 Å². The number of hydrogen-bond acceptors (Lipinski definition) is 5. The van der Waals surface area contributed by atoms with Crippen molar-refractivity contribution < 1.29 is 19.4 Å². The molecule has 5 heteroatoms. The maximum absolute atomic E-state index is 11.5. The first-order chi connectivity index (χ1) is 7.65. The molecule has 0 saturated carbocycles. The van der Waals surface area contributed by atoms with Crippen LogP contribution in [0.15, 0.2) is 18.2 Å². The van der Waals surface area contributed by atoms with Gasteiger partial charge in [-0.2, -0.15) is 0 Å². The van der Waals surface area contributed by atoms with Crippen LogP contribution in [0.5, 0.6) is 5.75 Å². The molecule has 0 radical (unpaired) electrons. The van der Waals surface area contributed by atoms with E-state index in [4.69, 9.17) is 15.2 Å². The Bertz CT molecular complexity index is 365. The summed E-state index contributed by atoms with van der Waals surface area (Å²) in [5.74, 6) is -0.765. The van der Waals surface area contributed by atoms with Crippen molar-refractivity contribution in [2.45, 2.75) is 6.92 Å². The van der Waals surface area contributed by atoms with Gasteiger partial charge in [0, 0.05) is 18.4 Å². The smallest absolute Gasteiger partial charge is 0.341 e. The summed E-state index contributed by atoms with van der Waals surface area (Å²) in [7, 11) is 0. The zero-order valence-corrected chi connectivity index (χ0v) is 9.10. The molecule has 0 heterocycles. The Balaban J connectivity index is 2.53. The van der Waals surface area contributed by atoms with Crippen molar-refractivity contribution in [3.8, 4) is 5.75 Å². The molecule has 1 aromatic rings. The summed E-state index contributed by atoms with van der Waals surface area (Å²) in [4.78, 5) is 11.5. The zero-order valence-electron chi connectivity index (χ0n) is 9.10. The molecule has 0 aliphatic rings. The van der Waals surface area contributed by atoms with Crippen molar-refractivity contribution in [1.82, 2.24) is 0 Å². The summed E-state index contributed by atoms with van der Waals surface area (Å²) < 4.78 is 9.90. The molecule has 1 rings (SSSR count). The van der Waals surface area contributed by atoms with Crippen LogP contribution >= 0.6 is 0 Å². The number of ether oxygens (including phenoxy) is 2. The maximum Gasteiger partial charge on any atom is 0.341 e. The lowest BCUT2D eigenvalue weighted by molar-refractivity contribution is 0.0332. The van der Waals surface area contributed by atoms with Crippen LogP contribution in [0.1, 0.15) is 17.3 Å². The zero-order chi connectivity index (χ0) is 12.0. The number of aromatic hydroxyl groups is 1. The summed E-state index contributed by atoms with van der Waals surface area (Å²) >= 11 is 0. The third-order valence-corrected chi connectivity index (χ3v) is 1.91. The van der Waals surface area contributed by atoms with Crippen molar-refractivity contribution in [2.24, 2.45) is 0 Å². The molecule has 0 spiro atoms. The number of nitrogens with two attached hydrogens (primary N) is 1. The fraction of sp³-hybridized carbons (Fsp3) is 0.364. The molecule has 3 N–H and O–H groups in total. The second-order valence-electron chi connectivity index (χ2n) is 3.11. The number of hydrogen-bond donors (Lipinski definition) is 2. The van der Waals surface area contributed by atoms with Gasteiger partial charge in [0.05, 0.1) is 6.61 Å². The maximum atomic E-state index is 11.5. The highest BCUT2D eigenvalue weighted by Gasteiger charge is 2.12. The third kappa shape index (κ3) is 3.43. The van der Waals surface area contributed by atoms with Crippen molar-refractivity contribution in [2.75, 3.05) is 25.6 Å². The molecule has 0 fully saturated rings. The quantitative estimate of drug-likeness (QED) is 0.446. The first-order valence-electron chi connectivity index (χ1n) is 4.98. The predicted molar refractivity (Wildman–Crippen MR) is 59.3 cm³/mol. The summed E-state index contributed by atoms with van der Waals surface area (Å²) in [6.07, 6.45) is 0. The van der Waals surface area contributed by atoms with Gasteiger partial charge in [0.25, 0.3) is 0 Å². The van der Waals surface area contributed by atoms with Gasteiger partial charge < -0.3 is 20.3 Å². The van der Waals surface area contributed by atoms with Gasteiger partial charge in [0.2, 0.25) is 0 Å². The van der Waals surface area contributed by atoms with Crippen LogP contribution in [0.3, 0.4) is 0 Å². The molecule has 5 nitrogen and oxygen atoms in total. The highest BCUT2D eigenvalue weighted by Crippen LogP contribution is 2.20. The number of nitrogen functional groups attached to an aromatic ring is 1. The first kappa shape index (κ1) is 12.3. The Morgan fingerprint density at radius 1 is 1.44 bits per heavy atom. The molecular weight excluding hydrogens is 210 g/mol.